The number of amides is 2. The summed E-state index contributed by atoms with van der Waals surface area (Å²) in [6, 6.07) is 21.2. The molecule has 0 saturated heterocycles. The van der Waals surface area contributed by atoms with Crippen LogP contribution in [0, 0.1) is 20.8 Å². The Kier molecular flexibility index (Phi) is 6.82. The van der Waals surface area contributed by atoms with Gasteiger partial charge in [-0.25, -0.2) is 0 Å². The average molecular weight is 455 g/mol. The molecule has 5 heteroatoms. The second-order valence-electron chi connectivity index (χ2n) is 8.75. The summed E-state index contributed by atoms with van der Waals surface area (Å²) in [5.74, 6) is 0.107. The summed E-state index contributed by atoms with van der Waals surface area (Å²) >= 11 is 0. The topological polar surface area (TPSA) is 58.6 Å². The highest BCUT2D eigenvalue weighted by molar-refractivity contribution is 6.36. The van der Waals surface area contributed by atoms with E-state index in [9.17, 15) is 9.59 Å². The Hall–Kier alpha value is -3.86. The van der Waals surface area contributed by atoms with E-state index in [1.807, 2.05) is 87.5 Å². The molecule has 2 amide bonds. The highest BCUT2D eigenvalue weighted by Crippen LogP contribution is 2.33. The van der Waals surface area contributed by atoms with E-state index < -0.39 is 0 Å². The van der Waals surface area contributed by atoms with Crippen molar-refractivity contribution in [3.63, 3.8) is 0 Å². The average Bonchev–Trinajstić information content (AvgIpc) is 3.05. The van der Waals surface area contributed by atoms with Gasteiger partial charge in [0.05, 0.1) is 18.7 Å². The lowest BCUT2D eigenvalue weighted by atomic mass is 10.0. The maximum Gasteiger partial charge on any atom is 0.278 e. The fourth-order valence-electron chi connectivity index (χ4n) is 4.01. The minimum absolute atomic E-state index is 0.219. The molecule has 1 heterocycles. The molecule has 1 aliphatic rings. The van der Waals surface area contributed by atoms with Crippen molar-refractivity contribution in [1.82, 2.24) is 4.90 Å². The number of ether oxygens (including phenoxy) is 1. The van der Waals surface area contributed by atoms with E-state index in [1.54, 1.807) is 0 Å². The van der Waals surface area contributed by atoms with E-state index in [2.05, 4.69) is 12.2 Å². The third kappa shape index (κ3) is 4.88. The van der Waals surface area contributed by atoms with Crippen molar-refractivity contribution in [1.29, 1.82) is 0 Å². The van der Waals surface area contributed by atoms with Gasteiger partial charge in [-0.05, 0) is 62.1 Å². The van der Waals surface area contributed by atoms with E-state index in [1.165, 1.54) is 4.90 Å². The third-order valence-electron chi connectivity index (χ3n) is 5.89. The van der Waals surface area contributed by atoms with Gasteiger partial charge in [-0.3, -0.25) is 14.5 Å². The highest BCUT2D eigenvalue weighted by Gasteiger charge is 2.39. The van der Waals surface area contributed by atoms with Crippen LogP contribution in [0.3, 0.4) is 0 Å². The van der Waals surface area contributed by atoms with Crippen molar-refractivity contribution in [2.45, 2.75) is 40.7 Å². The first-order valence-corrected chi connectivity index (χ1v) is 11.6. The van der Waals surface area contributed by atoms with Crippen LogP contribution in [0.5, 0.6) is 5.75 Å². The predicted octanol–water partition coefficient (Wildman–Crippen LogP) is 5.79. The van der Waals surface area contributed by atoms with Crippen LogP contribution in [0.15, 0.2) is 72.4 Å². The number of hydrogen-bond donors (Lipinski definition) is 1. The Morgan fingerprint density at radius 1 is 0.824 bits per heavy atom. The van der Waals surface area contributed by atoms with Gasteiger partial charge in [0.25, 0.3) is 11.8 Å². The SMILES string of the molecule is CCCOc1ccc(C2=C(Nc3ccc(C)cc3C)C(=O)N(Cc3ccc(C)cc3)C2=O)cc1. The number of aryl methyl sites for hydroxylation is 3. The fraction of sp³-hybridized carbons (Fsp3) is 0.241. The van der Waals surface area contributed by atoms with Gasteiger partial charge in [0.15, 0.2) is 0 Å². The van der Waals surface area contributed by atoms with Crippen molar-refractivity contribution >= 4 is 23.1 Å². The predicted molar refractivity (Wildman–Crippen MR) is 135 cm³/mol. The number of carbonyl (C=O) groups excluding carboxylic acids is 2. The van der Waals surface area contributed by atoms with E-state index in [0.29, 0.717) is 23.4 Å². The van der Waals surface area contributed by atoms with Crippen LogP contribution in [-0.4, -0.2) is 23.3 Å². The van der Waals surface area contributed by atoms with Gasteiger partial charge in [-0.15, -0.1) is 0 Å². The molecule has 174 valence electrons. The summed E-state index contributed by atoms with van der Waals surface area (Å²) < 4.78 is 5.69. The van der Waals surface area contributed by atoms with E-state index in [-0.39, 0.29) is 18.4 Å². The quantitative estimate of drug-likeness (QED) is 0.438. The zero-order valence-corrected chi connectivity index (χ0v) is 20.1. The van der Waals surface area contributed by atoms with E-state index in [4.69, 9.17) is 4.74 Å². The molecule has 0 spiro atoms. The number of carbonyl (C=O) groups is 2. The molecule has 0 saturated carbocycles. The zero-order valence-electron chi connectivity index (χ0n) is 20.1. The summed E-state index contributed by atoms with van der Waals surface area (Å²) in [5, 5.41) is 3.28. The van der Waals surface area contributed by atoms with Crippen LogP contribution >= 0.6 is 0 Å². The number of rotatable bonds is 8. The molecular weight excluding hydrogens is 424 g/mol. The normalized spacial score (nSPS) is 13.6. The van der Waals surface area contributed by atoms with Crippen molar-refractivity contribution < 1.29 is 14.3 Å². The molecule has 34 heavy (non-hydrogen) atoms. The smallest absolute Gasteiger partial charge is 0.278 e. The molecule has 1 N–H and O–H groups in total. The number of anilines is 1. The Morgan fingerprint density at radius 3 is 2.15 bits per heavy atom. The van der Waals surface area contributed by atoms with Crippen molar-refractivity contribution in [3.8, 4) is 5.75 Å². The molecule has 0 fully saturated rings. The lowest BCUT2D eigenvalue weighted by molar-refractivity contribution is -0.137. The van der Waals surface area contributed by atoms with Gasteiger partial charge in [0, 0.05) is 5.69 Å². The van der Waals surface area contributed by atoms with E-state index >= 15 is 0 Å². The van der Waals surface area contributed by atoms with E-state index in [0.717, 1.165) is 40.1 Å². The molecule has 3 aromatic rings. The number of benzene rings is 3. The molecule has 3 aromatic carbocycles. The molecule has 0 aliphatic carbocycles. The molecule has 0 radical (unpaired) electrons. The summed E-state index contributed by atoms with van der Waals surface area (Å²) in [7, 11) is 0. The third-order valence-corrected chi connectivity index (χ3v) is 5.89. The lowest BCUT2D eigenvalue weighted by Gasteiger charge is -2.16. The van der Waals surface area contributed by atoms with Gasteiger partial charge in [-0.1, -0.05) is 66.6 Å². The fourth-order valence-corrected chi connectivity index (χ4v) is 4.01. The summed E-state index contributed by atoms with van der Waals surface area (Å²) in [6.07, 6.45) is 0.915. The standard InChI is InChI=1S/C29H30N2O3/c1-5-16-34-24-13-11-23(12-14-24)26-27(30-25-15-8-20(3)17-21(25)4)29(33)31(28(26)32)18-22-9-6-19(2)7-10-22/h6-15,17,30H,5,16,18H2,1-4H3. The maximum atomic E-state index is 13.6. The number of nitrogens with one attached hydrogen (secondary N) is 1. The van der Waals surface area contributed by atoms with Gasteiger partial charge in [0.1, 0.15) is 11.4 Å². The second kappa shape index (κ2) is 9.96. The van der Waals surface area contributed by atoms with Crippen LogP contribution in [0.25, 0.3) is 5.57 Å². The van der Waals surface area contributed by atoms with Crippen LogP contribution in [0.1, 0.15) is 41.2 Å². The zero-order chi connectivity index (χ0) is 24.2. The number of imide groups is 1. The first-order valence-electron chi connectivity index (χ1n) is 11.6. The van der Waals surface area contributed by atoms with Crippen molar-refractivity contribution in [2.24, 2.45) is 0 Å². The van der Waals surface area contributed by atoms with Crippen molar-refractivity contribution in [3.05, 3.63) is 100 Å². The van der Waals surface area contributed by atoms with Crippen LogP contribution < -0.4 is 10.1 Å². The van der Waals surface area contributed by atoms with Crippen LogP contribution in [-0.2, 0) is 16.1 Å². The number of nitrogens with zero attached hydrogens (tertiary/aromatic N) is 1. The van der Waals surface area contributed by atoms with Crippen molar-refractivity contribution in [2.75, 3.05) is 11.9 Å². The van der Waals surface area contributed by atoms with Crippen LogP contribution in [0.2, 0.25) is 0 Å². The van der Waals surface area contributed by atoms with Gasteiger partial charge < -0.3 is 10.1 Å². The minimum Gasteiger partial charge on any atom is -0.494 e. The second-order valence-corrected chi connectivity index (χ2v) is 8.75. The van der Waals surface area contributed by atoms with Gasteiger partial charge in [0.2, 0.25) is 0 Å². The Bertz CT molecular complexity index is 1240. The van der Waals surface area contributed by atoms with Gasteiger partial charge >= 0.3 is 0 Å². The van der Waals surface area contributed by atoms with Crippen LogP contribution in [0.4, 0.5) is 5.69 Å². The Labute approximate surface area is 201 Å². The highest BCUT2D eigenvalue weighted by atomic mass is 16.5. The molecule has 0 bridgehead atoms. The molecule has 0 aromatic heterocycles. The summed E-state index contributed by atoms with van der Waals surface area (Å²) in [4.78, 5) is 28.4. The largest absolute Gasteiger partial charge is 0.494 e. The lowest BCUT2D eigenvalue weighted by Crippen LogP contribution is -2.32. The first kappa shape index (κ1) is 23.3. The molecule has 5 nitrogen and oxygen atoms in total. The molecule has 0 atom stereocenters. The molecule has 0 unspecified atom stereocenters. The summed E-state index contributed by atoms with van der Waals surface area (Å²) in [5.41, 5.74) is 6.33. The van der Waals surface area contributed by atoms with Gasteiger partial charge in [-0.2, -0.15) is 0 Å². The molecule has 4 rings (SSSR count). The molecule has 1 aliphatic heterocycles. The first-order chi connectivity index (χ1) is 16.4. The monoisotopic (exact) mass is 454 g/mol. The Morgan fingerprint density at radius 2 is 1.50 bits per heavy atom. The summed E-state index contributed by atoms with van der Waals surface area (Å²) in [6.45, 7) is 8.92. The Balaban J connectivity index is 1.71. The molecular formula is C29H30N2O3. The number of hydrogen-bond acceptors (Lipinski definition) is 4. The maximum absolute atomic E-state index is 13.6. The minimum atomic E-state index is -0.327.